The van der Waals surface area contributed by atoms with E-state index < -0.39 is 6.43 Å². The minimum Gasteiger partial charge on any atom is -0.317 e. The molecule has 0 atom stereocenters. The third-order valence-electron chi connectivity index (χ3n) is 2.72. The van der Waals surface area contributed by atoms with Crippen molar-refractivity contribution in [2.24, 2.45) is 5.92 Å². The summed E-state index contributed by atoms with van der Waals surface area (Å²) in [6.07, 6.45) is 0.690. The minimum absolute atomic E-state index is 0.0658. The molecule has 2 nitrogen and oxygen atoms in total. The second-order valence-electron chi connectivity index (χ2n) is 3.86. The molecule has 1 aliphatic rings. The Bertz CT molecular complexity index is 308. The molecule has 0 unspecified atom stereocenters. The molecule has 1 N–H and O–H groups in total. The van der Waals surface area contributed by atoms with Gasteiger partial charge in [-0.25, -0.2) is 13.8 Å². The monoisotopic (exact) mass is 232 g/mol. The Morgan fingerprint density at radius 1 is 1.47 bits per heavy atom. The zero-order valence-electron chi connectivity index (χ0n) is 8.38. The van der Waals surface area contributed by atoms with Crippen LogP contribution in [0.4, 0.5) is 8.78 Å². The summed E-state index contributed by atoms with van der Waals surface area (Å²) in [6.45, 7) is 2.08. The summed E-state index contributed by atoms with van der Waals surface area (Å²) < 4.78 is 24.6. The molecule has 1 aliphatic heterocycles. The summed E-state index contributed by atoms with van der Waals surface area (Å²) in [5.41, 5.74) is -0.0658. The second kappa shape index (κ2) is 4.99. The number of piperidine rings is 1. The van der Waals surface area contributed by atoms with Crippen LogP contribution < -0.4 is 5.32 Å². The maximum Gasteiger partial charge on any atom is 0.281 e. The number of nitrogens with zero attached hydrogens (tertiary/aromatic N) is 1. The van der Waals surface area contributed by atoms with Crippen LogP contribution in [0.5, 0.6) is 0 Å². The molecule has 0 bridgehead atoms. The first-order valence-electron chi connectivity index (χ1n) is 5.19. The third kappa shape index (κ3) is 2.95. The zero-order chi connectivity index (χ0) is 10.7. The average molecular weight is 232 g/mol. The number of rotatable bonds is 3. The topological polar surface area (TPSA) is 24.9 Å². The van der Waals surface area contributed by atoms with Crippen LogP contribution in [0.3, 0.4) is 0 Å². The van der Waals surface area contributed by atoms with E-state index in [1.54, 1.807) is 0 Å². The SMILES string of the molecule is FC(F)c1csc(CC2CCNCC2)n1. The Labute approximate surface area is 91.7 Å². The molecule has 0 aliphatic carbocycles. The molecule has 0 spiro atoms. The molecule has 1 aromatic rings. The standard InChI is InChI=1S/C10H14F2N2S/c11-10(12)8-6-15-9(14-8)5-7-1-3-13-4-2-7/h6-7,10,13H,1-5H2. The van der Waals surface area contributed by atoms with Crippen LogP contribution in [-0.2, 0) is 6.42 Å². The third-order valence-corrected chi connectivity index (χ3v) is 3.60. The van der Waals surface area contributed by atoms with E-state index in [9.17, 15) is 8.78 Å². The maximum atomic E-state index is 12.3. The minimum atomic E-state index is -2.43. The van der Waals surface area contributed by atoms with Crippen molar-refractivity contribution in [2.75, 3.05) is 13.1 Å². The number of aromatic nitrogens is 1. The van der Waals surface area contributed by atoms with E-state index in [0.717, 1.165) is 37.4 Å². The number of hydrogen-bond donors (Lipinski definition) is 1. The molecule has 0 radical (unpaired) electrons. The Hall–Kier alpha value is -0.550. The molecule has 2 heterocycles. The van der Waals surface area contributed by atoms with Gasteiger partial charge in [0.25, 0.3) is 6.43 Å². The van der Waals surface area contributed by atoms with Crippen molar-refractivity contribution >= 4 is 11.3 Å². The Morgan fingerprint density at radius 3 is 2.80 bits per heavy atom. The first kappa shape index (κ1) is 11.0. The summed E-state index contributed by atoms with van der Waals surface area (Å²) in [7, 11) is 0. The van der Waals surface area contributed by atoms with Crippen molar-refractivity contribution < 1.29 is 8.78 Å². The van der Waals surface area contributed by atoms with Gasteiger partial charge in [-0.15, -0.1) is 11.3 Å². The highest BCUT2D eigenvalue weighted by atomic mass is 32.1. The Morgan fingerprint density at radius 2 is 2.20 bits per heavy atom. The Kier molecular flexibility index (Phi) is 3.64. The van der Waals surface area contributed by atoms with E-state index in [1.165, 1.54) is 16.7 Å². The number of nitrogens with one attached hydrogen (secondary N) is 1. The lowest BCUT2D eigenvalue weighted by Gasteiger charge is -2.21. The van der Waals surface area contributed by atoms with E-state index >= 15 is 0 Å². The van der Waals surface area contributed by atoms with E-state index in [2.05, 4.69) is 10.3 Å². The van der Waals surface area contributed by atoms with Gasteiger partial charge >= 0.3 is 0 Å². The number of halogens is 2. The van der Waals surface area contributed by atoms with Crippen LogP contribution in [0.25, 0.3) is 0 Å². The van der Waals surface area contributed by atoms with Crippen molar-refractivity contribution in [1.82, 2.24) is 10.3 Å². The molecule has 0 aromatic carbocycles. The molecule has 2 rings (SSSR count). The fraction of sp³-hybridized carbons (Fsp3) is 0.700. The van der Waals surface area contributed by atoms with Crippen LogP contribution in [-0.4, -0.2) is 18.1 Å². The van der Waals surface area contributed by atoms with Crippen LogP contribution in [0, 0.1) is 5.92 Å². The van der Waals surface area contributed by atoms with Gasteiger partial charge in [0.05, 0.1) is 5.01 Å². The molecule has 0 amide bonds. The summed E-state index contributed by atoms with van der Waals surface area (Å²) in [6, 6.07) is 0. The van der Waals surface area contributed by atoms with Crippen molar-refractivity contribution in [3.63, 3.8) is 0 Å². The molecule has 1 aromatic heterocycles. The van der Waals surface area contributed by atoms with E-state index in [0.29, 0.717) is 5.92 Å². The lowest BCUT2D eigenvalue weighted by Crippen LogP contribution is -2.28. The second-order valence-corrected chi connectivity index (χ2v) is 4.81. The van der Waals surface area contributed by atoms with Crippen LogP contribution in [0.1, 0.15) is 30.0 Å². The first-order chi connectivity index (χ1) is 7.25. The van der Waals surface area contributed by atoms with Crippen LogP contribution in [0.15, 0.2) is 5.38 Å². The van der Waals surface area contributed by atoms with Gasteiger partial charge in [0.2, 0.25) is 0 Å². The van der Waals surface area contributed by atoms with Crippen LogP contribution >= 0.6 is 11.3 Å². The van der Waals surface area contributed by atoms with Gasteiger partial charge in [0.15, 0.2) is 0 Å². The van der Waals surface area contributed by atoms with Gasteiger partial charge in [-0.05, 0) is 31.8 Å². The van der Waals surface area contributed by atoms with Gasteiger partial charge in [-0.2, -0.15) is 0 Å². The highest BCUT2D eigenvalue weighted by Gasteiger charge is 2.17. The predicted molar refractivity (Wildman–Crippen MR) is 56.4 cm³/mol. The molecular formula is C10H14F2N2S. The van der Waals surface area contributed by atoms with Gasteiger partial charge < -0.3 is 5.32 Å². The highest BCUT2D eigenvalue weighted by Crippen LogP contribution is 2.24. The molecule has 5 heteroatoms. The van der Waals surface area contributed by atoms with Gasteiger partial charge in [-0.1, -0.05) is 0 Å². The van der Waals surface area contributed by atoms with Crippen molar-refractivity contribution in [3.05, 3.63) is 16.1 Å². The highest BCUT2D eigenvalue weighted by molar-refractivity contribution is 7.09. The molecule has 15 heavy (non-hydrogen) atoms. The molecule has 1 saturated heterocycles. The van der Waals surface area contributed by atoms with Crippen molar-refractivity contribution in [3.8, 4) is 0 Å². The predicted octanol–water partition coefficient (Wildman–Crippen LogP) is 2.62. The summed E-state index contributed by atoms with van der Waals surface area (Å²) in [5.74, 6) is 0.614. The van der Waals surface area contributed by atoms with Gasteiger partial charge in [0, 0.05) is 11.8 Å². The van der Waals surface area contributed by atoms with E-state index in [-0.39, 0.29) is 5.69 Å². The lowest BCUT2D eigenvalue weighted by atomic mass is 9.95. The summed E-state index contributed by atoms with van der Waals surface area (Å²) in [5, 5.41) is 5.62. The number of hydrogen-bond acceptors (Lipinski definition) is 3. The molecular weight excluding hydrogens is 218 g/mol. The Balaban J connectivity index is 1.91. The van der Waals surface area contributed by atoms with Gasteiger partial charge in [0.1, 0.15) is 5.69 Å². The van der Waals surface area contributed by atoms with Crippen molar-refractivity contribution in [2.45, 2.75) is 25.7 Å². The number of thiazole rings is 1. The lowest BCUT2D eigenvalue weighted by molar-refractivity contribution is 0.146. The fourth-order valence-electron chi connectivity index (χ4n) is 1.85. The molecule has 0 saturated carbocycles. The van der Waals surface area contributed by atoms with E-state index in [1.807, 2.05) is 0 Å². The smallest absolute Gasteiger partial charge is 0.281 e. The first-order valence-corrected chi connectivity index (χ1v) is 6.07. The van der Waals surface area contributed by atoms with Crippen LogP contribution in [0.2, 0.25) is 0 Å². The maximum absolute atomic E-state index is 12.3. The van der Waals surface area contributed by atoms with E-state index in [4.69, 9.17) is 0 Å². The summed E-state index contributed by atoms with van der Waals surface area (Å²) in [4.78, 5) is 3.95. The molecule has 1 fully saturated rings. The fourth-order valence-corrected chi connectivity index (χ4v) is 2.75. The zero-order valence-corrected chi connectivity index (χ0v) is 9.20. The van der Waals surface area contributed by atoms with Gasteiger partial charge in [-0.3, -0.25) is 0 Å². The van der Waals surface area contributed by atoms with Crippen molar-refractivity contribution in [1.29, 1.82) is 0 Å². The largest absolute Gasteiger partial charge is 0.317 e. The average Bonchev–Trinajstić information content (AvgIpc) is 2.68. The quantitative estimate of drug-likeness (QED) is 0.866. The molecule has 84 valence electrons. The summed E-state index contributed by atoms with van der Waals surface area (Å²) >= 11 is 1.36. The normalized spacial score (nSPS) is 18.6. The number of alkyl halides is 2.